The molecular weight excluding hydrogens is 224 g/mol. The van der Waals surface area contributed by atoms with Gasteiger partial charge >= 0.3 is 0 Å². The molecule has 3 nitrogen and oxygen atoms in total. The van der Waals surface area contributed by atoms with Crippen molar-refractivity contribution in [3.63, 3.8) is 0 Å². The minimum atomic E-state index is 0.266. The molecule has 0 amide bonds. The van der Waals surface area contributed by atoms with Crippen molar-refractivity contribution in [2.45, 2.75) is 24.9 Å². The number of pyridine rings is 1. The Morgan fingerprint density at radius 3 is 2.78 bits per heavy atom. The molecule has 92 valence electrons. The second-order valence-corrected chi connectivity index (χ2v) is 4.71. The van der Waals surface area contributed by atoms with Crippen LogP contribution in [0.25, 0.3) is 0 Å². The van der Waals surface area contributed by atoms with Crippen molar-refractivity contribution >= 4 is 0 Å². The van der Waals surface area contributed by atoms with Crippen molar-refractivity contribution in [2.75, 3.05) is 0 Å². The summed E-state index contributed by atoms with van der Waals surface area (Å²) in [5.41, 5.74) is 2.11. The minimum Gasteiger partial charge on any atom is -0.506 e. The maximum Gasteiger partial charge on any atom is 0.138 e. The molecule has 0 radical (unpaired) electrons. The van der Waals surface area contributed by atoms with Gasteiger partial charge in [0, 0.05) is 24.7 Å². The summed E-state index contributed by atoms with van der Waals surface area (Å²) in [5, 5.41) is 13.1. The second kappa shape index (κ2) is 4.78. The summed E-state index contributed by atoms with van der Waals surface area (Å²) in [7, 11) is 0. The third-order valence-electron chi connectivity index (χ3n) is 3.42. The molecule has 0 bridgehead atoms. The fraction of sp³-hybridized carbons (Fsp3) is 0.267. The highest BCUT2D eigenvalue weighted by Gasteiger charge is 2.37. The van der Waals surface area contributed by atoms with E-state index in [1.807, 2.05) is 6.07 Å². The normalized spacial score (nSPS) is 21.8. The molecule has 1 aromatic carbocycles. The summed E-state index contributed by atoms with van der Waals surface area (Å²) < 4.78 is 0. The lowest BCUT2D eigenvalue weighted by molar-refractivity contribution is 0.459. The van der Waals surface area contributed by atoms with Gasteiger partial charge in [-0.2, -0.15) is 0 Å². The van der Waals surface area contributed by atoms with Crippen LogP contribution in [0.3, 0.4) is 0 Å². The van der Waals surface area contributed by atoms with Crippen molar-refractivity contribution in [3.05, 3.63) is 59.9 Å². The number of rotatable bonds is 4. The molecule has 2 unspecified atom stereocenters. The van der Waals surface area contributed by atoms with Gasteiger partial charge in [0.25, 0.3) is 0 Å². The lowest BCUT2D eigenvalue weighted by Crippen LogP contribution is -2.18. The van der Waals surface area contributed by atoms with Gasteiger partial charge in [0.05, 0.1) is 5.69 Å². The third-order valence-corrected chi connectivity index (χ3v) is 3.42. The van der Waals surface area contributed by atoms with E-state index in [2.05, 4.69) is 34.6 Å². The highest BCUT2D eigenvalue weighted by molar-refractivity contribution is 5.29. The number of aromatic hydroxyl groups is 1. The number of aromatic nitrogens is 1. The lowest BCUT2D eigenvalue weighted by atomic mass is 10.1. The van der Waals surface area contributed by atoms with E-state index < -0.39 is 0 Å². The van der Waals surface area contributed by atoms with Gasteiger partial charge in [0.1, 0.15) is 5.75 Å². The van der Waals surface area contributed by atoms with Crippen molar-refractivity contribution < 1.29 is 5.11 Å². The first-order valence-electron chi connectivity index (χ1n) is 6.26. The van der Waals surface area contributed by atoms with Gasteiger partial charge in [-0.3, -0.25) is 4.98 Å². The summed E-state index contributed by atoms with van der Waals surface area (Å²) in [6, 6.07) is 14.5. The second-order valence-electron chi connectivity index (χ2n) is 4.71. The number of hydrogen-bond acceptors (Lipinski definition) is 3. The molecule has 0 aliphatic heterocycles. The fourth-order valence-electron chi connectivity index (χ4n) is 2.28. The van der Waals surface area contributed by atoms with Gasteiger partial charge in [0.15, 0.2) is 0 Å². The van der Waals surface area contributed by atoms with Crippen molar-refractivity contribution in [3.8, 4) is 5.75 Å². The third kappa shape index (κ3) is 2.36. The Balaban J connectivity index is 1.56. The molecule has 1 saturated carbocycles. The predicted molar refractivity (Wildman–Crippen MR) is 70.3 cm³/mol. The van der Waals surface area contributed by atoms with Crippen LogP contribution in [0.2, 0.25) is 0 Å². The smallest absolute Gasteiger partial charge is 0.138 e. The molecule has 1 aliphatic carbocycles. The lowest BCUT2D eigenvalue weighted by Gasteiger charge is -2.05. The number of benzene rings is 1. The first-order chi connectivity index (χ1) is 8.84. The monoisotopic (exact) mass is 240 g/mol. The molecule has 0 saturated heterocycles. The summed E-state index contributed by atoms with van der Waals surface area (Å²) in [4.78, 5) is 4.16. The molecule has 2 atom stereocenters. The molecule has 1 aliphatic rings. The Kier molecular flexibility index (Phi) is 2.99. The predicted octanol–water partition coefficient (Wildman–Crippen LogP) is 2.43. The molecule has 2 aromatic rings. The SMILES string of the molecule is Oc1cccnc1CNC1CC1c1ccccc1. The van der Waals surface area contributed by atoms with Gasteiger partial charge in [-0.15, -0.1) is 0 Å². The Hall–Kier alpha value is -1.87. The highest BCUT2D eigenvalue weighted by Crippen LogP contribution is 2.40. The molecular formula is C15H16N2O. The van der Waals surface area contributed by atoms with E-state index >= 15 is 0 Å². The zero-order valence-electron chi connectivity index (χ0n) is 10.1. The summed E-state index contributed by atoms with van der Waals surface area (Å²) in [6.07, 6.45) is 2.87. The van der Waals surface area contributed by atoms with Crippen LogP contribution >= 0.6 is 0 Å². The van der Waals surface area contributed by atoms with Crippen LogP contribution in [0.4, 0.5) is 0 Å². The van der Waals surface area contributed by atoms with Crippen LogP contribution in [-0.2, 0) is 6.54 Å². The molecule has 2 N–H and O–H groups in total. The largest absolute Gasteiger partial charge is 0.506 e. The van der Waals surface area contributed by atoms with Gasteiger partial charge in [-0.25, -0.2) is 0 Å². The van der Waals surface area contributed by atoms with Crippen LogP contribution in [0.15, 0.2) is 48.7 Å². The summed E-state index contributed by atoms with van der Waals surface area (Å²) in [6.45, 7) is 0.626. The quantitative estimate of drug-likeness (QED) is 0.862. The number of hydrogen-bond donors (Lipinski definition) is 2. The number of nitrogens with zero attached hydrogens (tertiary/aromatic N) is 1. The minimum absolute atomic E-state index is 0.266. The van der Waals surface area contributed by atoms with Gasteiger partial charge in [0.2, 0.25) is 0 Å². The molecule has 3 rings (SSSR count). The molecule has 1 aromatic heterocycles. The van der Waals surface area contributed by atoms with E-state index in [0.717, 1.165) is 12.1 Å². The first kappa shape index (κ1) is 11.2. The highest BCUT2D eigenvalue weighted by atomic mass is 16.3. The van der Waals surface area contributed by atoms with E-state index in [-0.39, 0.29) is 5.75 Å². The molecule has 1 fully saturated rings. The summed E-state index contributed by atoms with van der Waals surface area (Å²) >= 11 is 0. The Morgan fingerprint density at radius 1 is 1.17 bits per heavy atom. The van der Waals surface area contributed by atoms with Crippen molar-refractivity contribution in [1.29, 1.82) is 0 Å². The molecule has 0 spiro atoms. The first-order valence-corrected chi connectivity index (χ1v) is 6.26. The van der Waals surface area contributed by atoms with Gasteiger partial charge < -0.3 is 10.4 Å². The van der Waals surface area contributed by atoms with Crippen LogP contribution < -0.4 is 5.32 Å². The van der Waals surface area contributed by atoms with Crippen molar-refractivity contribution in [1.82, 2.24) is 10.3 Å². The zero-order chi connectivity index (χ0) is 12.4. The molecule has 1 heterocycles. The van der Waals surface area contributed by atoms with E-state index in [1.54, 1.807) is 18.3 Å². The van der Waals surface area contributed by atoms with E-state index in [9.17, 15) is 5.11 Å². The standard InChI is InChI=1S/C15H16N2O/c18-15-7-4-8-16-14(15)10-17-13-9-12(13)11-5-2-1-3-6-11/h1-8,12-13,17-18H,9-10H2. The van der Waals surface area contributed by atoms with Crippen LogP contribution in [0.1, 0.15) is 23.6 Å². The van der Waals surface area contributed by atoms with Crippen LogP contribution in [0.5, 0.6) is 5.75 Å². The van der Waals surface area contributed by atoms with E-state index in [4.69, 9.17) is 0 Å². The Labute approximate surface area is 107 Å². The summed E-state index contributed by atoms with van der Waals surface area (Å²) in [5.74, 6) is 0.874. The fourth-order valence-corrected chi connectivity index (χ4v) is 2.28. The average Bonchev–Trinajstić information content (AvgIpc) is 3.18. The maximum atomic E-state index is 9.62. The van der Waals surface area contributed by atoms with E-state index in [1.165, 1.54) is 5.56 Å². The average molecular weight is 240 g/mol. The Bertz CT molecular complexity index is 527. The zero-order valence-corrected chi connectivity index (χ0v) is 10.1. The van der Waals surface area contributed by atoms with Gasteiger partial charge in [-0.1, -0.05) is 30.3 Å². The van der Waals surface area contributed by atoms with Crippen LogP contribution in [-0.4, -0.2) is 16.1 Å². The topological polar surface area (TPSA) is 45.2 Å². The van der Waals surface area contributed by atoms with Crippen molar-refractivity contribution in [2.24, 2.45) is 0 Å². The Morgan fingerprint density at radius 2 is 2.00 bits per heavy atom. The van der Waals surface area contributed by atoms with E-state index in [0.29, 0.717) is 18.5 Å². The number of nitrogens with one attached hydrogen (secondary N) is 1. The maximum absolute atomic E-state index is 9.62. The molecule has 18 heavy (non-hydrogen) atoms. The molecule has 3 heteroatoms. The van der Waals surface area contributed by atoms with Crippen LogP contribution in [0, 0.1) is 0 Å². The van der Waals surface area contributed by atoms with Gasteiger partial charge in [-0.05, 0) is 24.1 Å².